The number of nitro groups is 1. The molecular weight excluding hydrogens is 289 g/mol. The zero-order valence-electron chi connectivity index (χ0n) is 9.84. The number of halogens is 2. The molecular formula is C12H7ClFN3O3. The van der Waals surface area contributed by atoms with Gasteiger partial charge in [0.2, 0.25) is 0 Å². The van der Waals surface area contributed by atoms with Gasteiger partial charge in [-0.3, -0.25) is 14.9 Å². The number of nitrogens with one attached hydrogen (secondary N) is 1. The molecule has 0 bridgehead atoms. The number of carbonyl (C=O) groups is 1. The molecule has 1 aromatic heterocycles. The summed E-state index contributed by atoms with van der Waals surface area (Å²) in [5, 5.41) is 13.0. The Balaban J connectivity index is 2.35. The van der Waals surface area contributed by atoms with E-state index in [0.717, 1.165) is 12.1 Å². The van der Waals surface area contributed by atoms with Gasteiger partial charge in [0.1, 0.15) is 10.8 Å². The number of rotatable bonds is 3. The van der Waals surface area contributed by atoms with E-state index in [9.17, 15) is 19.3 Å². The van der Waals surface area contributed by atoms with Crippen molar-refractivity contribution in [3.8, 4) is 0 Å². The summed E-state index contributed by atoms with van der Waals surface area (Å²) in [7, 11) is 0. The van der Waals surface area contributed by atoms with Crippen LogP contribution in [0.1, 0.15) is 10.5 Å². The molecule has 0 aliphatic rings. The van der Waals surface area contributed by atoms with E-state index in [1.165, 1.54) is 24.3 Å². The summed E-state index contributed by atoms with van der Waals surface area (Å²) in [6.07, 6.45) is 0. The van der Waals surface area contributed by atoms with Gasteiger partial charge in [-0.1, -0.05) is 23.7 Å². The first kappa shape index (κ1) is 13.9. The minimum atomic E-state index is -0.908. The van der Waals surface area contributed by atoms with Crippen LogP contribution in [-0.4, -0.2) is 15.8 Å². The van der Waals surface area contributed by atoms with Gasteiger partial charge in [-0.15, -0.1) is 0 Å². The monoisotopic (exact) mass is 295 g/mol. The second kappa shape index (κ2) is 5.62. The van der Waals surface area contributed by atoms with Crippen molar-refractivity contribution in [2.45, 2.75) is 0 Å². The van der Waals surface area contributed by atoms with Gasteiger partial charge >= 0.3 is 0 Å². The lowest BCUT2D eigenvalue weighted by atomic mass is 10.2. The number of aromatic nitrogens is 1. The molecule has 0 atom stereocenters. The van der Waals surface area contributed by atoms with E-state index in [-0.39, 0.29) is 10.8 Å². The molecule has 0 saturated carbocycles. The van der Waals surface area contributed by atoms with Crippen LogP contribution in [0.4, 0.5) is 15.8 Å². The molecule has 0 radical (unpaired) electrons. The number of nitro benzene ring substituents is 1. The summed E-state index contributed by atoms with van der Waals surface area (Å²) in [4.78, 5) is 25.6. The maximum Gasteiger partial charge on any atom is 0.295 e. The SMILES string of the molecule is O=C(Nc1c(F)cccc1[N+](=O)[O-])c1cccc(Cl)n1. The molecule has 2 rings (SSSR count). The number of benzene rings is 1. The molecule has 2 aromatic rings. The molecule has 20 heavy (non-hydrogen) atoms. The van der Waals surface area contributed by atoms with Gasteiger partial charge in [0.25, 0.3) is 11.6 Å². The highest BCUT2D eigenvalue weighted by Crippen LogP contribution is 2.27. The molecule has 8 heteroatoms. The van der Waals surface area contributed by atoms with Crippen molar-refractivity contribution in [2.24, 2.45) is 0 Å². The Morgan fingerprint density at radius 3 is 2.65 bits per heavy atom. The summed E-state index contributed by atoms with van der Waals surface area (Å²) < 4.78 is 13.6. The third-order valence-electron chi connectivity index (χ3n) is 2.37. The molecule has 0 aliphatic heterocycles. The number of amides is 1. The van der Waals surface area contributed by atoms with Gasteiger partial charge < -0.3 is 5.32 Å². The second-order valence-corrected chi connectivity index (χ2v) is 4.08. The number of hydrogen-bond donors (Lipinski definition) is 1. The van der Waals surface area contributed by atoms with E-state index in [1.54, 1.807) is 0 Å². The Hall–Kier alpha value is -2.54. The van der Waals surface area contributed by atoms with E-state index < -0.39 is 28.0 Å². The van der Waals surface area contributed by atoms with Gasteiger partial charge in [0.15, 0.2) is 11.5 Å². The maximum absolute atomic E-state index is 13.6. The van der Waals surface area contributed by atoms with E-state index in [2.05, 4.69) is 10.3 Å². The van der Waals surface area contributed by atoms with E-state index in [0.29, 0.717) is 0 Å². The van der Waals surface area contributed by atoms with Crippen molar-refractivity contribution in [2.75, 3.05) is 5.32 Å². The quantitative estimate of drug-likeness (QED) is 0.536. The topological polar surface area (TPSA) is 85.1 Å². The largest absolute Gasteiger partial charge is 0.312 e. The third-order valence-corrected chi connectivity index (χ3v) is 2.59. The van der Waals surface area contributed by atoms with E-state index in [1.807, 2.05) is 0 Å². The minimum absolute atomic E-state index is 0.0740. The van der Waals surface area contributed by atoms with Crippen LogP contribution in [0.25, 0.3) is 0 Å². The third kappa shape index (κ3) is 2.89. The Labute approximate surface area is 117 Å². The molecule has 1 aromatic carbocycles. The van der Waals surface area contributed by atoms with Crippen molar-refractivity contribution in [1.29, 1.82) is 0 Å². The fourth-order valence-electron chi connectivity index (χ4n) is 1.50. The van der Waals surface area contributed by atoms with Crippen LogP contribution in [0, 0.1) is 15.9 Å². The molecule has 0 unspecified atom stereocenters. The first-order valence-electron chi connectivity index (χ1n) is 5.36. The van der Waals surface area contributed by atoms with E-state index >= 15 is 0 Å². The summed E-state index contributed by atoms with van der Waals surface area (Å²) >= 11 is 5.63. The average Bonchev–Trinajstić information content (AvgIpc) is 2.40. The second-order valence-electron chi connectivity index (χ2n) is 3.69. The number of anilines is 1. The number of carbonyl (C=O) groups excluding carboxylic acids is 1. The highest BCUT2D eigenvalue weighted by atomic mass is 35.5. The zero-order chi connectivity index (χ0) is 14.7. The Kier molecular flexibility index (Phi) is 3.90. The van der Waals surface area contributed by atoms with Crippen molar-refractivity contribution in [3.63, 3.8) is 0 Å². The molecule has 1 heterocycles. The Bertz CT molecular complexity index is 693. The highest BCUT2D eigenvalue weighted by Gasteiger charge is 2.20. The Morgan fingerprint density at radius 1 is 1.30 bits per heavy atom. The Morgan fingerprint density at radius 2 is 2.00 bits per heavy atom. The van der Waals surface area contributed by atoms with Crippen LogP contribution < -0.4 is 5.32 Å². The lowest BCUT2D eigenvalue weighted by Crippen LogP contribution is -2.15. The van der Waals surface area contributed by atoms with E-state index in [4.69, 9.17) is 11.6 Å². The average molecular weight is 296 g/mol. The number of nitrogens with zero attached hydrogens (tertiary/aromatic N) is 2. The van der Waals surface area contributed by atoms with Gasteiger partial charge in [-0.25, -0.2) is 9.37 Å². The number of pyridine rings is 1. The van der Waals surface area contributed by atoms with Crippen LogP contribution in [-0.2, 0) is 0 Å². The molecule has 6 nitrogen and oxygen atoms in total. The first-order valence-corrected chi connectivity index (χ1v) is 5.73. The summed E-state index contributed by atoms with van der Waals surface area (Å²) in [6, 6.07) is 7.58. The fraction of sp³-hybridized carbons (Fsp3) is 0. The molecule has 0 spiro atoms. The lowest BCUT2D eigenvalue weighted by Gasteiger charge is -2.06. The predicted molar refractivity (Wildman–Crippen MR) is 70.3 cm³/mol. The molecule has 0 fully saturated rings. The zero-order valence-corrected chi connectivity index (χ0v) is 10.6. The smallest absolute Gasteiger partial charge is 0.295 e. The van der Waals surface area contributed by atoms with Crippen LogP contribution in [0.15, 0.2) is 36.4 Å². The minimum Gasteiger partial charge on any atom is -0.312 e. The van der Waals surface area contributed by atoms with Crippen LogP contribution in [0.3, 0.4) is 0 Å². The normalized spacial score (nSPS) is 10.1. The summed E-state index contributed by atoms with van der Waals surface area (Å²) in [6.45, 7) is 0. The van der Waals surface area contributed by atoms with Crippen molar-refractivity contribution < 1.29 is 14.1 Å². The van der Waals surface area contributed by atoms with Crippen LogP contribution in [0.2, 0.25) is 5.15 Å². The van der Waals surface area contributed by atoms with Crippen molar-refractivity contribution in [3.05, 3.63) is 63.2 Å². The van der Waals surface area contributed by atoms with Gasteiger partial charge in [-0.05, 0) is 18.2 Å². The fourth-order valence-corrected chi connectivity index (χ4v) is 1.66. The number of hydrogen-bond acceptors (Lipinski definition) is 4. The van der Waals surface area contributed by atoms with Gasteiger partial charge in [0, 0.05) is 6.07 Å². The van der Waals surface area contributed by atoms with Gasteiger partial charge in [-0.2, -0.15) is 0 Å². The summed E-state index contributed by atoms with van der Waals surface area (Å²) in [5.74, 6) is -1.70. The number of para-hydroxylation sites is 1. The predicted octanol–water partition coefficient (Wildman–Crippen LogP) is 3.03. The van der Waals surface area contributed by atoms with Crippen molar-refractivity contribution >= 4 is 28.9 Å². The lowest BCUT2D eigenvalue weighted by molar-refractivity contribution is -0.384. The molecule has 1 amide bonds. The molecule has 102 valence electrons. The molecule has 1 N–H and O–H groups in total. The van der Waals surface area contributed by atoms with Gasteiger partial charge in [0.05, 0.1) is 4.92 Å². The molecule has 0 aliphatic carbocycles. The van der Waals surface area contributed by atoms with Crippen LogP contribution >= 0.6 is 11.6 Å². The highest BCUT2D eigenvalue weighted by molar-refractivity contribution is 6.29. The van der Waals surface area contributed by atoms with Crippen molar-refractivity contribution in [1.82, 2.24) is 4.98 Å². The first-order chi connectivity index (χ1) is 9.49. The summed E-state index contributed by atoms with van der Waals surface area (Å²) in [5.41, 5.74) is -1.13. The maximum atomic E-state index is 13.6. The van der Waals surface area contributed by atoms with Crippen LogP contribution in [0.5, 0.6) is 0 Å². The molecule has 0 saturated heterocycles. The standard InChI is InChI=1S/C12H7ClFN3O3/c13-10-6-2-4-8(15-10)12(18)16-11-7(14)3-1-5-9(11)17(19)20/h1-6H,(H,16,18).